The average Bonchev–Trinajstić information content (AvgIpc) is 0.840. The smallest absolute Gasteiger partial charge is 0.329 e. The summed E-state index contributed by atoms with van der Waals surface area (Å²) in [4.78, 5) is 142. The lowest BCUT2D eigenvalue weighted by molar-refractivity contribution is -0.160. The van der Waals surface area contributed by atoms with Crippen molar-refractivity contribution in [3.63, 3.8) is 0 Å². The van der Waals surface area contributed by atoms with Gasteiger partial charge >= 0.3 is 17.9 Å². The number of carbonyl (C=O) groups is 10. The summed E-state index contributed by atoms with van der Waals surface area (Å²) >= 11 is 0. The molecule has 23 nitrogen and oxygen atoms in total. The molecule has 0 fully saturated rings. The predicted octanol–water partition coefficient (Wildman–Crippen LogP) is 10.5. The molecule has 3 rings (SSSR count). The van der Waals surface area contributed by atoms with Gasteiger partial charge in [-0.15, -0.1) is 0 Å². The van der Waals surface area contributed by atoms with Crippen LogP contribution in [-0.4, -0.2) is 127 Å². The Kier molecular flexibility index (Phi) is 39.4. The number of hydrogen-bond donors (Lipinski definition) is 8. The van der Waals surface area contributed by atoms with Crippen molar-refractivity contribution in [3.8, 4) is 11.5 Å². The molecule has 0 heterocycles. The van der Waals surface area contributed by atoms with Crippen molar-refractivity contribution < 1.29 is 71.6 Å². The third kappa shape index (κ3) is 34.0. The van der Waals surface area contributed by atoms with Crippen LogP contribution in [0.2, 0.25) is 0 Å². The van der Waals surface area contributed by atoms with Crippen LogP contribution in [0.3, 0.4) is 0 Å². The number of ether oxygens (including phenoxy) is 5. The molecule has 0 aliphatic heterocycles. The maximum atomic E-state index is 14.7. The fourth-order valence-electron chi connectivity index (χ4n) is 11.4. The summed E-state index contributed by atoms with van der Waals surface area (Å²) in [5.41, 5.74) is 7.76. The predicted molar refractivity (Wildman–Crippen MR) is 390 cm³/mol. The number of nitrogens with two attached hydrogens (primary N) is 1. The van der Waals surface area contributed by atoms with E-state index in [1.165, 1.54) is 25.7 Å². The molecule has 9 atom stereocenters. The number of unbranched alkanes of at least 4 members (excludes halogenated alkanes) is 8. The number of rotatable bonds is 47. The lowest BCUT2D eigenvalue weighted by Crippen LogP contribution is -2.61. The van der Waals surface area contributed by atoms with Crippen LogP contribution in [0, 0.1) is 29.6 Å². The fraction of sp³-hybridized carbons (Fsp3) is 0.641. The van der Waals surface area contributed by atoms with Gasteiger partial charge in [0.15, 0.2) is 0 Å². The summed E-state index contributed by atoms with van der Waals surface area (Å²) in [6.07, 6.45) is 8.72. The van der Waals surface area contributed by atoms with Crippen molar-refractivity contribution in [1.29, 1.82) is 0 Å². The van der Waals surface area contributed by atoms with Gasteiger partial charge in [-0.1, -0.05) is 189 Å². The maximum Gasteiger partial charge on any atom is 0.329 e. The highest BCUT2D eigenvalue weighted by Crippen LogP contribution is 2.27. The van der Waals surface area contributed by atoms with Crippen LogP contribution in [0.25, 0.3) is 0 Å². The molecule has 0 aromatic heterocycles. The molecule has 7 amide bonds. The standard InChI is InChI=1S/C78H122N8O15/c1-17-19-20-21-22-23-24-25-29-32-59(46-66(88)99-48-54-30-27-26-28-31-54)100-77(96)69(53(11)18-2)86-75(94)63(45-51(7)8)82-73(92)64(47-67(89)101-78(12,13)14)83-76(95)68(52(9)10)85-74(93)62(44-50(5)6)81-72(91)61(43-49(3)4)80-71(90)60(79)41-42-65(87)84-70(55-33-37-57(97-15)38-34-55)56-35-39-58(98-16)40-36-56/h26-28,30-31,33-40,49-53,59-64,68-70H,17-25,29,32,41-48,79H2,1-16H3,(H,80,90)(H,81,91)(H,82,92)(H,83,95)(H,84,87)(H,85,93)(H,86,94)/t53-,59?,60-,61-,62-,63+,64-,68-,69-/m0/s1. The van der Waals surface area contributed by atoms with Crippen molar-refractivity contribution in [2.75, 3.05) is 14.2 Å². The van der Waals surface area contributed by atoms with Crippen LogP contribution in [0.4, 0.5) is 0 Å². The van der Waals surface area contributed by atoms with E-state index in [0.717, 1.165) is 42.4 Å². The molecule has 0 aliphatic carbocycles. The van der Waals surface area contributed by atoms with Crippen LogP contribution in [0.5, 0.6) is 11.5 Å². The summed E-state index contributed by atoms with van der Waals surface area (Å²) in [6.45, 7) is 25.1. The van der Waals surface area contributed by atoms with Gasteiger partial charge in [-0.3, -0.25) is 43.2 Å². The molecule has 0 radical (unpaired) electrons. The summed E-state index contributed by atoms with van der Waals surface area (Å²) in [5, 5.41) is 19.6. The zero-order chi connectivity index (χ0) is 75.4. The van der Waals surface area contributed by atoms with E-state index in [4.69, 9.17) is 29.4 Å². The molecule has 0 aliphatic rings. The highest BCUT2D eigenvalue weighted by atomic mass is 16.6. The summed E-state index contributed by atoms with van der Waals surface area (Å²) < 4.78 is 28.0. The Balaban J connectivity index is 1.84. The van der Waals surface area contributed by atoms with E-state index >= 15 is 0 Å². The van der Waals surface area contributed by atoms with Gasteiger partial charge in [0.05, 0.1) is 39.1 Å². The minimum absolute atomic E-state index is 0.0438. The van der Waals surface area contributed by atoms with E-state index < -0.39 is 132 Å². The van der Waals surface area contributed by atoms with E-state index in [2.05, 4.69) is 44.1 Å². The quantitative estimate of drug-likeness (QED) is 0.0148. The van der Waals surface area contributed by atoms with E-state index in [1.807, 2.05) is 103 Å². The lowest BCUT2D eigenvalue weighted by Gasteiger charge is -2.30. The van der Waals surface area contributed by atoms with Gasteiger partial charge in [-0.2, -0.15) is 0 Å². The zero-order valence-corrected chi connectivity index (χ0v) is 63.2. The second-order valence-electron chi connectivity index (χ2n) is 29.2. The lowest BCUT2D eigenvalue weighted by atomic mass is 9.97. The number of methoxy groups -OCH3 is 2. The molecule has 101 heavy (non-hydrogen) atoms. The van der Waals surface area contributed by atoms with Crippen LogP contribution >= 0.6 is 0 Å². The molecule has 0 spiro atoms. The van der Waals surface area contributed by atoms with Gasteiger partial charge in [-0.05, 0) is 130 Å². The van der Waals surface area contributed by atoms with Crippen molar-refractivity contribution in [2.45, 2.75) is 279 Å². The normalized spacial score (nSPS) is 14.2. The zero-order valence-electron chi connectivity index (χ0n) is 63.2. The first-order valence-electron chi connectivity index (χ1n) is 36.5. The molecular weight excluding hydrogens is 1290 g/mol. The van der Waals surface area contributed by atoms with Crippen molar-refractivity contribution in [2.24, 2.45) is 35.3 Å². The molecule has 3 aromatic rings. The monoisotopic (exact) mass is 1410 g/mol. The topological polar surface area (TPSA) is 327 Å². The van der Waals surface area contributed by atoms with Crippen LogP contribution < -0.4 is 52.4 Å². The molecule has 0 saturated carbocycles. The Bertz CT molecular complexity index is 2980. The Morgan fingerprint density at radius 3 is 1.38 bits per heavy atom. The van der Waals surface area contributed by atoms with Gasteiger partial charge < -0.3 is 66.6 Å². The van der Waals surface area contributed by atoms with Crippen LogP contribution in [-0.2, 0) is 68.8 Å². The summed E-state index contributed by atoms with van der Waals surface area (Å²) in [6, 6.07) is 14.0. The SMILES string of the molecule is CCCCCCCCCCCC(CC(=O)OCc1ccccc1)OC(=O)[C@@H](NC(=O)[C@@H](CC(C)C)NC(=O)[C@H](CC(=O)OC(C)(C)C)NC(=O)[C@@H](NC(=O)[C@H](CC(C)C)NC(=O)[C@H](CC(C)C)NC(=O)[C@@H](N)CCC(=O)NC(c1ccc(OC)cc1)c1ccc(OC)cc1)C(C)C)[C@@H](C)CC. The second-order valence-corrected chi connectivity index (χ2v) is 29.2. The number of nitrogens with one attached hydrogen (secondary N) is 7. The second kappa shape index (κ2) is 45.7. The Labute approximate surface area is 601 Å². The Hall–Kier alpha value is -8.08. The van der Waals surface area contributed by atoms with Gasteiger partial charge in [0.1, 0.15) is 66.1 Å². The first-order valence-corrected chi connectivity index (χ1v) is 36.5. The Morgan fingerprint density at radius 2 is 0.921 bits per heavy atom. The van der Waals surface area contributed by atoms with Gasteiger partial charge in [-0.25, -0.2) is 4.79 Å². The van der Waals surface area contributed by atoms with E-state index in [1.54, 1.807) is 80.0 Å². The summed E-state index contributed by atoms with van der Waals surface area (Å²) in [5.74, 6) is -7.61. The van der Waals surface area contributed by atoms with Gasteiger partial charge in [0.25, 0.3) is 0 Å². The highest BCUT2D eigenvalue weighted by molar-refractivity contribution is 5.98. The van der Waals surface area contributed by atoms with Crippen LogP contribution in [0.1, 0.15) is 235 Å². The third-order valence-corrected chi connectivity index (χ3v) is 17.2. The van der Waals surface area contributed by atoms with Gasteiger partial charge in [0, 0.05) is 6.42 Å². The minimum atomic E-state index is -1.67. The largest absolute Gasteiger partial charge is 0.497 e. The molecule has 9 N–H and O–H groups in total. The molecule has 23 heteroatoms. The number of esters is 3. The highest BCUT2D eigenvalue weighted by Gasteiger charge is 2.38. The summed E-state index contributed by atoms with van der Waals surface area (Å²) in [7, 11) is 3.12. The van der Waals surface area contributed by atoms with Gasteiger partial charge in [0.2, 0.25) is 41.4 Å². The number of amides is 7. The van der Waals surface area contributed by atoms with Crippen LogP contribution in [0.15, 0.2) is 78.9 Å². The maximum absolute atomic E-state index is 14.7. The van der Waals surface area contributed by atoms with Crippen molar-refractivity contribution in [3.05, 3.63) is 95.6 Å². The molecule has 3 aromatic carbocycles. The number of carbonyl (C=O) groups excluding carboxylic acids is 10. The van der Waals surface area contributed by atoms with E-state index in [-0.39, 0.29) is 68.8 Å². The number of hydrogen-bond acceptors (Lipinski definition) is 16. The fourth-order valence-corrected chi connectivity index (χ4v) is 11.4. The average molecular weight is 1410 g/mol. The molecule has 1 unspecified atom stereocenters. The molecule has 0 bridgehead atoms. The van der Waals surface area contributed by atoms with E-state index in [0.29, 0.717) is 30.8 Å². The third-order valence-electron chi connectivity index (χ3n) is 17.2. The number of benzene rings is 3. The molecular formula is C78H122N8O15. The molecule has 564 valence electrons. The minimum Gasteiger partial charge on any atom is -0.497 e. The van der Waals surface area contributed by atoms with E-state index in [9.17, 15) is 47.9 Å². The molecule has 0 saturated heterocycles. The first-order chi connectivity index (χ1) is 47.8. The Morgan fingerprint density at radius 1 is 0.475 bits per heavy atom. The van der Waals surface area contributed by atoms with Crippen molar-refractivity contribution >= 4 is 59.3 Å². The first kappa shape index (κ1) is 87.1. The van der Waals surface area contributed by atoms with Crippen molar-refractivity contribution in [1.82, 2.24) is 37.2 Å².